The number of aryl methyl sites for hydroxylation is 1. The number of nitrogens with zero attached hydrogens (tertiary/aromatic N) is 1. The molecule has 0 aliphatic carbocycles. The van der Waals surface area contributed by atoms with Crippen molar-refractivity contribution in [2.24, 2.45) is 0 Å². The Balaban J connectivity index is 1.59. The molecule has 8 nitrogen and oxygen atoms in total. The van der Waals surface area contributed by atoms with Crippen LogP contribution in [0.15, 0.2) is 93.2 Å². The highest BCUT2D eigenvalue weighted by Gasteiger charge is 2.36. The number of nitriles is 1. The van der Waals surface area contributed by atoms with Crippen LogP contribution in [0, 0.1) is 18.3 Å². The molecule has 1 aliphatic rings. The summed E-state index contributed by atoms with van der Waals surface area (Å²) in [7, 11) is 1.53. The predicted octanol–water partition coefficient (Wildman–Crippen LogP) is 5.30. The van der Waals surface area contributed by atoms with Crippen molar-refractivity contribution in [3.05, 3.63) is 100 Å². The van der Waals surface area contributed by atoms with Gasteiger partial charge in [0.25, 0.3) is 5.91 Å². The zero-order valence-electron chi connectivity index (χ0n) is 20.6. The number of dihydropyridines is 1. The van der Waals surface area contributed by atoms with Gasteiger partial charge >= 0.3 is 0 Å². The number of anilines is 2. The molecular formula is C28H26N4O4S. The Hall–Kier alpha value is -4.42. The summed E-state index contributed by atoms with van der Waals surface area (Å²) < 4.78 is 11.0. The highest BCUT2D eigenvalue weighted by atomic mass is 32.2. The van der Waals surface area contributed by atoms with E-state index in [1.165, 1.54) is 25.1 Å². The molecule has 1 atom stereocenters. The molecule has 1 aliphatic heterocycles. The smallest absolute Gasteiger partial charge is 0.254 e. The van der Waals surface area contributed by atoms with Gasteiger partial charge in [-0.2, -0.15) is 5.26 Å². The van der Waals surface area contributed by atoms with Gasteiger partial charge in [-0.25, -0.2) is 0 Å². The van der Waals surface area contributed by atoms with Crippen LogP contribution in [-0.2, 0) is 9.59 Å². The van der Waals surface area contributed by atoms with Gasteiger partial charge in [-0.05, 0) is 55.8 Å². The van der Waals surface area contributed by atoms with Gasteiger partial charge in [0.1, 0.15) is 11.5 Å². The Morgan fingerprint density at radius 1 is 1.11 bits per heavy atom. The molecule has 0 saturated heterocycles. The van der Waals surface area contributed by atoms with Gasteiger partial charge in [0, 0.05) is 11.4 Å². The van der Waals surface area contributed by atoms with Crippen LogP contribution >= 0.6 is 11.8 Å². The van der Waals surface area contributed by atoms with Crippen molar-refractivity contribution in [2.45, 2.75) is 19.8 Å². The standard InChI is InChI=1S/C28H26N4O4S/c1-17-8-6-9-19(14-17)31-24(33)16-37-28-20(15-29)26(23-12-7-13-36-23)25(18(2)30-28)27(34)32-21-10-4-5-11-22(21)35-3/h4-14,26,30H,16H2,1-3H3,(H,31,33)(H,32,34). The number of methoxy groups -OCH3 is 1. The van der Waals surface area contributed by atoms with Crippen LogP contribution in [0.2, 0.25) is 0 Å². The van der Waals surface area contributed by atoms with Crippen molar-refractivity contribution >= 4 is 35.0 Å². The third kappa shape index (κ3) is 5.88. The molecule has 3 aromatic rings. The van der Waals surface area contributed by atoms with Crippen LogP contribution in [0.1, 0.15) is 24.2 Å². The number of amides is 2. The maximum atomic E-state index is 13.5. The molecule has 9 heteroatoms. The number of hydrogen-bond donors (Lipinski definition) is 3. The summed E-state index contributed by atoms with van der Waals surface area (Å²) in [6, 6.07) is 20.3. The number of ether oxygens (including phenoxy) is 1. The Morgan fingerprint density at radius 2 is 1.92 bits per heavy atom. The van der Waals surface area contributed by atoms with E-state index >= 15 is 0 Å². The van der Waals surface area contributed by atoms with Gasteiger partial charge in [-0.1, -0.05) is 36.0 Å². The van der Waals surface area contributed by atoms with Crippen LogP contribution in [0.5, 0.6) is 5.75 Å². The number of carbonyl (C=O) groups is 2. The fraction of sp³-hybridized carbons (Fsp3) is 0.179. The first kappa shape index (κ1) is 25.7. The number of rotatable bonds is 8. The summed E-state index contributed by atoms with van der Waals surface area (Å²) in [4.78, 5) is 26.1. The Labute approximate surface area is 219 Å². The predicted molar refractivity (Wildman–Crippen MR) is 144 cm³/mol. The molecule has 0 fully saturated rings. The highest BCUT2D eigenvalue weighted by molar-refractivity contribution is 8.03. The number of nitrogens with one attached hydrogen (secondary N) is 3. The van der Waals surface area contributed by atoms with E-state index in [4.69, 9.17) is 9.15 Å². The SMILES string of the molecule is COc1ccccc1NC(=O)C1=C(C)NC(SCC(=O)Nc2cccc(C)c2)=C(C#N)C1c1ccco1. The normalized spacial score (nSPS) is 15.0. The first-order chi connectivity index (χ1) is 17.9. The van der Waals surface area contributed by atoms with Gasteiger partial charge < -0.3 is 25.1 Å². The van der Waals surface area contributed by atoms with Gasteiger partial charge in [0.15, 0.2) is 0 Å². The summed E-state index contributed by atoms with van der Waals surface area (Å²) in [6.07, 6.45) is 1.50. The fourth-order valence-corrected chi connectivity index (χ4v) is 4.95. The number of allylic oxidation sites excluding steroid dienone is 2. The molecular weight excluding hydrogens is 488 g/mol. The molecule has 188 valence electrons. The molecule has 2 amide bonds. The topological polar surface area (TPSA) is 116 Å². The van der Waals surface area contributed by atoms with Gasteiger partial charge in [0.2, 0.25) is 5.91 Å². The number of furan rings is 1. The van der Waals surface area contributed by atoms with Crippen LogP contribution in [-0.4, -0.2) is 24.7 Å². The van der Waals surface area contributed by atoms with Crippen LogP contribution in [0.25, 0.3) is 0 Å². The number of carbonyl (C=O) groups excluding carboxylic acids is 2. The molecule has 0 saturated carbocycles. The van der Waals surface area contributed by atoms with Crippen LogP contribution < -0.4 is 20.7 Å². The van der Waals surface area contributed by atoms with E-state index in [0.717, 1.165) is 5.56 Å². The third-order valence-electron chi connectivity index (χ3n) is 5.72. The lowest BCUT2D eigenvalue weighted by Crippen LogP contribution is -2.31. The molecule has 3 N–H and O–H groups in total. The van der Waals surface area contributed by atoms with Gasteiger partial charge in [-0.15, -0.1) is 0 Å². The molecule has 1 aromatic heterocycles. The second kappa shape index (κ2) is 11.5. The number of para-hydroxylation sites is 2. The minimum Gasteiger partial charge on any atom is -0.495 e. The Bertz CT molecular complexity index is 1420. The van der Waals surface area contributed by atoms with Crippen LogP contribution in [0.3, 0.4) is 0 Å². The van der Waals surface area contributed by atoms with Gasteiger partial charge in [0.05, 0.1) is 53.0 Å². The largest absolute Gasteiger partial charge is 0.495 e. The summed E-state index contributed by atoms with van der Waals surface area (Å²) in [5.41, 5.74) is 3.43. The molecule has 0 bridgehead atoms. The zero-order valence-corrected chi connectivity index (χ0v) is 21.4. The highest BCUT2D eigenvalue weighted by Crippen LogP contribution is 2.41. The molecule has 0 radical (unpaired) electrons. The summed E-state index contributed by atoms with van der Waals surface area (Å²) in [5.74, 6) is -0.326. The third-order valence-corrected chi connectivity index (χ3v) is 6.74. The monoisotopic (exact) mass is 514 g/mol. The molecule has 2 aromatic carbocycles. The second-order valence-corrected chi connectivity index (χ2v) is 9.31. The van der Waals surface area contributed by atoms with Crippen molar-refractivity contribution in [3.63, 3.8) is 0 Å². The number of thioether (sulfide) groups is 1. The number of hydrogen-bond acceptors (Lipinski definition) is 7. The van der Waals surface area contributed by atoms with E-state index in [1.807, 2.05) is 37.3 Å². The molecule has 2 heterocycles. The molecule has 0 spiro atoms. The second-order valence-electron chi connectivity index (χ2n) is 8.33. The molecule has 4 rings (SSSR count). The van der Waals surface area contributed by atoms with E-state index in [1.54, 1.807) is 37.3 Å². The van der Waals surface area contributed by atoms with E-state index in [2.05, 4.69) is 22.0 Å². The van der Waals surface area contributed by atoms with E-state index in [-0.39, 0.29) is 11.7 Å². The summed E-state index contributed by atoms with van der Waals surface area (Å²) >= 11 is 1.20. The number of benzene rings is 2. The van der Waals surface area contributed by atoms with E-state index < -0.39 is 11.8 Å². The van der Waals surface area contributed by atoms with Crippen LogP contribution in [0.4, 0.5) is 11.4 Å². The zero-order chi connectivity index (χ0) is 26.4. The quantitative estimate of drug-likeness (QED) is 0.373. The minimum absolute atomic E-state index is 0.0718. The first-order valence-electron chi connectivity index (χ1n) is 11.5. The maximum absolute atomic E-state index is 13.5. The summed E-state index contributed by atoms with van der Waals surface area (Å²) in [6.45, 7) is 3.71. The van der Waals surface area contributed by atoms with Crippen molar-refractivity contribution in [1.82, 2.24) is 5.32 Å². The lowest BCUT2D eigenvalue weighted by Gasteiger charge is -2.28. The molecule has 37 heavy (non-hydrogen) atoms. The lowest BCUT2D eigenvalue weighted by atomic mass is 9.85. The minimum atomic E-state index is -0.752. The molecule has 1 unspecified atom stereocenters. The van der Waals surface area contributed by atoms with E-state index in [9.17, 15) is 14.9 Å². The maximum Gasteiger partial charge on any atom is 0.254 e. The average molecular weight is 515 g/mol. The lowest BCUT2D eigenvalue weighted by molar-refractivity contribution is -0.114. The Kier molecular flexibility index (Phi) is 8.01. The van der Waals surface area contributed by atoms with Gasteiger partial charge in [-0.3, -0.25) is 9.59 Å². The average Bonchev–Trinajstić information content (AvgIpc) is 3.42. The van der Waals surface area contributed by atoms with Crippen molar-refractivity contribution in [2.75, 3.05) is 23.5 Å². The van der Waals surface area contributed by atoms with Crippen molar-refractivity contribution in [1.29, 1.82) is 5.26 Å². The fourth-order valence-electron chi connectivity index (χ4n) is 4.06. The van der Waals surface area contributed by atoms with Crippen molar-refractivity contribution < 1.29 is 18.7 Å². The van der Waals surface area contributed by atoms with E-state index in [0.29, 0.717) is 44.8 Å². The van der Waals surface area contributed by atoms with Crippen molar-refractivity contribution in [3.8, 4) is 11.8 Å². The first-order valence-corrected chi connectivity index (χ1v) is 12.5. The Morgan fingerprint density at radius 3 is 2.62 bits per heavy atom. The summed E-state index contributed by atoms with van der Waals surface area (Å²) in [5, 5.41) is 19.6.